The Hall–Kier alpha value is -1.87. The molecule has 1 heterocycles. The van der Waals surface area contributed by atoms with Crippen LogP contribution in [-0.4, -0.2) is 38.4 Å². The average Bonchev–Trinajstić information content (AvgIpc) is 2.37. The zero-order valence-corrected chi connectivity index (χ0v) is 10.1. The van der Waals surface area contributed by atoms with Gasteiger partial charge in [0.1, 0.15) is 0 Å². The maximum Gasteiger partial charge on any atom is 0.298 e. The molecule has 4 N–H and O–H groups in total. The Morgan fingerprint density at radius 1 is 1.61 bits per heavy atom. The van der Waals surface area contributed by atoms with E-state index in [9.17, 15) is 10.1 Å². The molecule has 9 heteroatoms. The molecule has 1 aromatic rings. The van der Waals surface area contributed by atoms with Crippen LogP contribution in [0.15, 0.2) is 22.3 Å². The number of hydrogen-bond donors (Lipinski definition) is 3. The first-order chi connectivity index (χ1) is 8.60. The highest BCUT2D eigenvalue weighted by Crippen LogP contribution is 2.22. The fourth-order valence-corrected chi connectivity index (χ4v) is 1.94. The van der Waals surface area contributed by atoms with Crippen molar-refractivity contribution in [2.45, 2.75) is 11.4 Å². The molecular formula is C9H12N4O4S. The third-order valence-electron chi connectivity index (χ3n) is 1.95. The van der Waals surface area contributed by atoms with Crippen molar-refractivity contribution in [3.05, 3.63) is 27.9 Å². The second-order valence-electron chi connectivity index (χ2n) is 3.19. The number of aliphatic hydroxyl groups is 1. The molecule has 0 bridgehead atoms. The molecule has 18 heavy (non-hydrogen) atoms. The Balaban J connectivity index is 3.02. The van der Waals surface area contributed by atoms with Gasteiger partial charge in [0, 0.05) is 18.4 Å². The Kier molecular flexibility index (Phi) is 5.33. The molecule has 0 aliphatic carbocycles. The molecule has 0 aromatic carbocycles. The minimum Gasteiger partial charge on any atom is -0.409 e. The van der Waals surface area contributed by atoms with Gasteiger partial charge in [0.2, 0.25) is 0 Å². The standard InChI is InChI=1S/C9H12N4O4S/c10-9(12-15)8-6(13(16)17)2-3-7(11-8)18-5-1-4-14/h2-3,14-15H,1,4-5H2,(H2,10,12). The summed E-state index contributed by atoms with van der Waals surface area (Å²) in [7, 11) is 0. The highest BCUT2D eigenvalue weighted by Gasteiger charge is 2.19. The third kappa shape index (κ3) is 3.57. The number of nitro groups is 1. The Bertz CT molecular complexity index is 466. The van der Waals surface area contributed by atoms with Crippen molar-refractivity contribution >= 4 is 23.3 Å². The van der Waals surface area contributed by atoms with Crippen LogP contribution in [0.2, 0.25) is 0 Å². The number of pyridine rings is 1. The van der Waals surface area contributed by atoms with E-state index in [1.165, 1.54) is 23.9 Å². The van der Waals surface area contributed by atoms with Gasteiger partial charge < -0.3 is 16.0 Å². The van der Waals surface area contributed by atoms with Gasteiger partial charge in [-0.2, -0.15) is 0 Å². The van der Waals surface area contributed by atoms with Crippen LogP contribution in [-0.2, 0) is 0 Å². The number of rotatable bonds is 6. The lowest BCUT2D eigenvalue weighted by Crippen LogP contribution is -2.17. The molecule has 8 nitrogen and oxygen atoms in total. The predicted octanol–water partition coefficient (Wildman–Crippen LogP) is 0.559. The summed E-state index contributed by atoms with van der Waals surface area (Å²) in [4.78, 5) is 14.1. The minimum atomic E-state index is -0.650. The number of oxime groups is 1. The Morgan fingerprint density at radius 3 is 2.89 bits per heavy atom. The van der Waals surface area contributed by atoms with Gasteiger partial charge in [-0.3, -0.25) is 10.1 Å². The van der Waals surface area contributed by atoms with Crippen molar-refractivity contribution in [2.75, 3.05) is 12.4 Å². The van der Waals surface area contributed by atoms with Crippen LogP contribution < -0.4 is 5.73 Å². The smallest absolute Gasteiger partial charge is 0.298 e. The van der Waals surface area contributed by atoms with Crippen molar-refractivity contribution in [3.63, 3.8) is 0 Å². The number of aromatic nitrogens is 1. The maximum atomic E-state index is 10.7. The van der Waals surface area contributed by atoms with Crippen molar-refractivity contribution in [1.29, 1.82) is 0 Å². The maximum absolute atomic E-state index is 10.7. The highest BCUT2D eigenvalue weighted by atomic mass is 32.2. The van der Waals surface area contributed by atoms with E-state index in [2.05, 4.69) is 10.1 Å². The SMILES string of the molecule is N/C(=N/O)c1nc(SCCCO)ccc1[N+](=O)[O-]. The second kappa shape index (κ2) is 6.77. The molecule has 0 saturated carbocycles. The molecule has 0 aliphatic rings. The van der Waals surface area contributed by atoms with Crippen LogP contribution in [0.25, 0.3) is 0 Å². The molecule has 0 saturated heterocycles. The van der Waals surface area contributed by atoms with E-state index in [4.69, 9.17) is 16.0 Å². The average molecular weight is 272 g/mol. The molecule has 0 fully saturated rings. The van der Waals surface area contributed by atoms with Gasteiger partial charge in [-0.25, -0.2) is 4.98 Å². The zero-order valence-electron chi connectivity index (χ0n) is 9.31. The molecule has 0 spiro atoms. The Labute approximate surface area is 107 Å². The lowest BCUT2D eigenvalue weighted by atomic mass is 10.3. The van der Waals surface area contributed by atoms with Crippen molar-refractivity contribution in [3.8, 4) is 0 Å². The second-order valence-corrected chi connectivity index (χ2v) is 4.30. The van der Waals surface area contributed by atoms with Crippen LogP contribution >= 0.6 is 11.8 Å². The van der Waals surface area contributed by atoms with Gasteiger partial charge in [-0.15, -0.1) is 11.8 Å². The van der Waals surface area contributed by atoms with Gasteiger partial charge in [-0.05, 0) is 12.5 Å². The molecule has 1 aromatic heterocycles. The first-order valence-electron chi connectivity index (χ1n) is 4.97. The fraction of sp³-hybridized carbons (Fsp3) is 0.333. The van der Waals surface area contributed by atoms with Crippen LogP contribution in [0, 0.1) is 10.1 Å². The third-order valence-corrected chi connectivity index (χ3v) is 2.96. The summed E-state index contributed by atoms with van der Waals surface area (Å²) in [5, 5.41) is 31.2. The molecule has 0 aliphatic heterocycles. The monoisotopic (exact) mass is 272 g/mol. The molecule has 0 amide bonds. The van der Waals surface area contributed by atoms with Gasteiger partial charge in [0.25, 0.3) is 5.69 Å². The number of amidine groups is 1. The van der Waals surface area contributed by atoms with Crippen molar-refractivity contribution in [1.82, 2.24) is 4.98 Å². The first-order valence-corrected chi connectivity index (χ1v) is 5.95. The summed E-state index contributed by atoms with van der Waals surface area (Å²) < 4.78 is 0. The van der Waals surface area contributed by atoms with E-state index in [1.807, 2.05) is 0 Å². The topological polar surface area (TPSA) is 135 Å². The van der Waals surface area contributed by atoms with Crippen LogP contribution in [0.5, 0.6) is 0 Å². The lowest BCUT2D eigenvalue weighted by Gasteiger charge is -2.03. The normalized spacial score (nSPS) is 11.5. The van der Waals surface area contributed by atoms with Gasteiger partial charge in [0.05, 0.1) is 9.95 Å². The number of nitrogens with zero attached hydrogens (tertiary/aromatic N) is 3. The van der Waals surface area contributed by atoms with E-state index in [0.717, 1.165) is 0 Å². The molecule has 0 radical (unpaired) electrons. The summed E-state index contributed by atoms with van der Waals surface area (Å²) in [6.07, 6.45) is 0.586. The summed E-state index contributed by atoms with van der Waals surface area (Å²) in [6, 6.07) is 2.73. The molecule has 98 valence electrons. The van der Waals surface area contributed by atoms with Crippen molar-refractivity contribution < 1.29 is 15.2 Å². The van der Waals surface area contributed by atoms with E-state index < -0.39 is 10.8 Å². The minimum absolute atomic E-state index is 0.0626. The zero-order chi connectivity index (χ0) is 13.5. The number of thioether (sulfide) groups is 1. The van der Waals surface area contributed by atoms with Gasteiger partial charge >= 0.3 is 0 Å². The number of aliphatic hydroxyl groups excluding tert-OH is 1. The fourth-order valence-electron chi connectivity index (χ4n) is 1.14. The van der Waals surface area contributed by atoms with Gasteiger partial charge in [-0.1, -0.05) is 5.16 Å². The van der Waals surface area contributed by atoms with E-state index in [0.29, 0.717) is 17.2 Å². The van der Waals surface area contributed by atoms with E-state index >= 15 is 0 Å². The van der Waals surface area contributed by atoms with Gasteiger partial charge in [0.15, 0.2) is 11.5 Å². The summed E-state index contributed by atoms with van der Waals surface area (Å²) >= 11 is 1.32. The van der Waals surface area contributed by atoms with Crippen LogP contribution in [0.4, 0.5) is 5.69 Å². The quantitative estimate of drug-likeness (QED) is 0.131. The first kappa shape index (κ1) is 14.2. The van der Waals surface area contributed by atoms with Crippen molar-refractivity contribution in [2.24, 2.45) is 10.9 Å². The molecule has 1 rings (SSSR count). The predicted molar refractivity (Wildman–Crippen MR) is 65.8 cm³/mol. The molecule has 0 atom stereocenters. The van der Waals surface area contributed by atoms with Crippen LogP contribution in [0.3, 0.4) is 0 Å². The Morgan fingerprint density at radius 2 is 2.33 bits per heavy atom. The molecular weight excluding hydrogens is 260 g/mol. The van der Waals surface area contributed by atoms with E-state index in [-0.39, 0.29) is 18.0 Å². The number of hydrogen-bond acceptors (Lipinski definition) is 7. The number of nitrogens with two attached hydrogens (primary N) is 1. The lowest BCUT2D eigenvalue weighted by molar-refractivity contribution is -0.385. The van der Waals surface area contributed by atoms with Crippen LogP contribution in [0.1, 0.15) is 12.1 Å². The summed E-state index contributed by atoms with van der Waals surface area (Å²) in [5.41, 5.74) is 4.85. The molecule has 0 unspecified atom stereocenters. The highest BCUT2D eigenvalue weighted by molar-refractivity contribution is 7.99. The summed E-state index contributed by atoms with van der Waals surface area (Å²) in [6.45, 7) is 0.0626. The van der Waals surface area contributed by atoms with E-state index in [1.54, 1.807) is 0 Å². The largest absolute Gasteiger partial charge is 0.409 e. The summed E-state index contributed by atoms with van der Waals surface area (Å²) in [5.74, 6) is 0.211.